The van der Waals surface area contributed by atoms with Crippen LogP contribution in [-0.2, 0) is 16.3 Å². The monoisotopic (exact) mass is 161 g/mol. The fraction of sp³-hybridized carbons (Fsp3) is 1.00. The Bertz CT molecular complexity index is 73.6. The Hall–Kier alpha value is 1.48. The van der Waals surface area contributed by atoms with E-state index in [0.717, 1.165) is 12.8 Å². The average molecular weight is 161 g/mol. The molecule has 0 rings (SSSR count). The van der Waals surface area contributed by atoms with Crippen LogP contribution < -0.4 is 29.6 Å². The van der Waals surface area contributed by atoms with Gasteiger partial charge in [0.25, 0.3) is 0 Å². The first kappa shape index (κ1) is 12.2. The van der Waals surface area contributed by atoms with Crippen molar-refractivity contribution in [3.05, 3.63) is 0 Å². The maximum absolute atomic E-state index is 5.07. The van der Waals surface area contributed by atoms with Crippen LogP contribution in [0, 0.1) is 0 Å². The fourth-order valence-corrected chi connectivity index (χ4v) is 1.02. The van der Waals surface area contributed by atoms with Crippen LogP contribution in [0.5, 0.6) is 0 Å². The minimum atomic E-state index is -0.495. The normalized spacial score (nSPS) is 10.0. The largest absolute Gasteiger partial charge is 1.00 e. The van der Waals surface area contributed by atoms with E-state index >= 15 is 0 Å². The molecule has 0 radical (unpaired) electrons. The number of hydrogen-bond acceptors (Lipinski definition) is 2. The molecule has 44 valence electrons. The molecule has 0 fully saturated rings. The predicted octanol–water partition coefficient (Wildman–Crippen LogP) is -0.982. The zero-order valence-electron chi connectivity index (χ0n) is 6.68. The van der Waals surface area contributed by atoms with Crippen molar-refractivity contribution in [2.75, 3.05) is 12.8 Å². The Morgan fingerprint density at radius 2 is 2.12 bits per heavy atom. The quantitative estimate of drug-likeness (QED) is 0.388. The van der Waals surface area contributed by atoms with E-state index in [2.05, 4.69) is 0 Å². The average Bonchev–Trinajstić information content (AvgIpc) is 1.68. The summed E-state index contributed by atoms with van der Waals surface area (Å²) in [4.78, 5) is 0. The zero-order chi connectivity index (χ0) is 5.70. The van der Waals surface area contributed by atoms with E-state index in [0.29, 0.717) is 0 Å². The van der Waals surface area contributed by atoms with Gasteiger partial charge in [0.1, 0.15) is 6.16 Å². The molecule has 0 spiro atoms. The van der Waals surface area contributed by atoms with Gasteiger partial charge in [0.05, 0.1) is 6.61 Å². The molecular formula is C4H11NaOPS+. The molecule has 1 unspecified atom stereocenters. The van der Waals surface area contributed by atoms with Crippen LogP contribution in [0.15, 0.2) is 0 Å². The summed E-state index contributed by atoms with van der Waals surface area (Å²) < 4.78 is 5.07. The molecule has 0 aliphatic heterocycles. The van der Waals surface area contributed by atoms with E-state index in [1.807, 2.05) is 13.8 Å². The van der Waals surface area contributed by atoms with Crippen LogP contribution in [0.4, 0.5) is 0 Å². The van der Waals surface area contributed by atoms with Gasteiger partial charge in [-0.1, -0.05) is 0 Å². The van der Waals surface area contributed by atoms with Crippen molar-refractivity contribution >= 4 is 18.7 Å². The molecule has 0 aromatic rings. The van der Waals surface area contributed by atoms with Crippen molar-refractivity contribution in [1.82, 2.24) is 0 Å². The maximum Gasteiger partial charge on any atom is 1.00 e. The van der Waals surface area contributed by atoms with E-state index in [-0.39, 0.29) is 31.0 Å². The minimum absolute atomic E-state index is 0. The van der Waals surface area contributed by atoms with Crippen LogP contribution in [0.1, 0.15) is 15.3 Å². The molecule has 1 atom stereocenters. The first-order chi connectivity index (χ1) is 3.31. The van der Waals surface area contributed by atoms with Crippen LogP contribution in [0.3, 0.4) is 0 Å². The summed E-state index contributed by atoms with van der Waals surface area (Å²) in [7, 11) is 0. The zero-order valence-corrected chi connectivity index (χ0v) is 9.39. The van der Waals surface area contributed by atoms with Gasteiger partial charge in [0, 0.05) is 0 Å². The van der Waals surface area contributed by atoms with Crippen molar-refractivity contribution < 1.29 is 35.5 Å². The summed E-state index contributed by atoms with van der Waals surface area (Å²) in [6.45, 7) is 4.29. The molecule has 0 aromatic carbocycles. The Balaban J connectivity index is -0.000000180. The Morgan fingerprint density at radius 3 is 2.25 bits per heavy atom. The van der Waals surface area contributed by atoms with Gasteiger partial charge in [-0.3, -0.25) is 0 Å². The first-order valence-corrected chi connectivity index (χ1v) is 4.84. The second-order valence-electron chi connectivity index (χ2n) is 1.07. The summed E-state index contributed by atoms with van der Waals surface area (Å²) in [5.74, 6) is 0. The van der Waals surface area contributed by atoms with Crippen molar-refractivity contribution in [3.8, 4) is 0 Å². The molecule has 0 aromatic heterocycles. The van der Waals surface area contributed by atoms with E-state index in [1.165, 1.54) is 0 Å². The van der Waals surface area contributed by atoms with Gasteiger partial charge in [0.2, 0.25) is 0 Å². The van der Waals surface area contributed by atoms with Crippen LogP contribution in [0.2, 0.25) is 0 Å². The van der Waals surface area contributed by atoms with Crippen molar-refractivity contribution in [2.45, 2.75) is 13.8 Å². The van der Waals surface area contributed by atoms with Gasteiger partial charge in [-0.2, -0.15) is 4.52 Å². The second kappa shape index (κ2) is 8.48. The molecule has 0 saturated carbocycles. The second-order valence-corrected chi connectivity index (χ2v) is 3.84. The van der Waals surface area contributed by atoms with Crippen LogP contribution in [0.25, 0.3) is 0 Å². The van der Waals surface area contributed by atoms with Crippen molar-refractivity contribution in [1.29, 1.82) is 0 Å². The van der Waals surface area contributed by atoms with Gasteiger partial charge in [0.15, 0.2) is 11.8 Å². The Morgan fingerprint density at radius 1 is 1.62 bits per heavy atom. The molecule has 0 aliphatic rings. The topological polar surface area (TPSA) is 9.23 Å². The molecule has 4 heteroatoms. The SMILES string of the molecule is CCO[P+](=S)CC.[H-].[Na+]. The third kappa shape index (κ3) is 7.48. The first-order valence-electron chi connectivity index (χ1n) is 2.38. The van der Waals surface area contributed by atoms with Crippen molar-refractivity contribution in [2.24, 2.45) is 0 Å². The van der Waals surface area contributed by atoms with E-state index < -0.39 is 6.92 Å². The van der Waals surface area contributed by atoms with E-state index in [9.17, 15) is 0 Å². The van der Waals surface area contributed by atoms with Gasteiger partial charge in [-0.15, -0.1) is 0 Å². The van der Waals surface area contributed by atoms with Crippen LogP contribution >= 0.6 is 6.92 Å². The molecule has 0 aliphatic carbocycles. The van der Waals surface area contributed by atoms with E-state index in [4.69, 9.17) is 16.3 Å². The molecule has 0 heterocycles. The Labute approximate surface area is 80.5 Å². The molecule has 0 N–H and O–H groups in total. The summed E-state index contributed by atoms with van der Waals surface area (Å²) in [6.07, 6.45) is 0.999. The fourth-order valence-electron chi connectivity index (χ4n) is 0.235. The predicted molar refractivity (Wildman–Crippen MR) is 37.6 cm³/mol. The van der Waals surface area contributed by atoms with Gasteiger partial charge in [-0.25, -0.2) is 0 Å². The van der Waals surface area contributed by atoms with Crippen molar-refractivity contribution in [3.63, 3.8) is 0 Å². The molecule has 0 saturated heterocycles. The smallest absolute Gasteiger partial charge is 1.00 e. The van der Waals surface area contributed by atoms with Crippen LogP contribution in [-0.4, -0.2) is 12.8 Å². The minimum Gasteiger partial charge on any atom is -1.00 e. The maximum atomic E-state index is 5.07. The molecular weight excluding hydrogens is 150 g/mol. The standard InChI is InChI=1S/C4H10OPS.Na.H/c1-3-5-6(7)4-2;;/h3-4H2,1-2H3;;/q2*+1;-1. The summed E-state index contributed by atoms with van der Waals surface area (Å²) in [5.41, 5.74) is 0. The molecule has 1 nitrogen and oxygen atoms in total. The molecule has 0 amide bonds. The summed E-state index contributed by atoms with van der Waals surface area (Å²) >= 11 is 4.88. The summed E-state index contributed by atoms with van der Waals surface area (Å²) in [6, 6.07) is 0. The summed E-state index contributed by atoms with van der Waals surface area (Å²) in [5, 5.41) is 0. The van der Waals surface area contributed by atoms with E-state index in [1.54, 1.807) is 0 Å². The molecule has 8 heavy (non-hydrogen) atoms. The van der Waals surface area contributed by atoms with Gasteiger partial charge < -0.3 is 1.43 Å². The number of rotatable bonds is 3. The van der Waals surface area contributed by atoms with Gasteiger partial charge in [-0.05, 0) is 13.8 Å². The third-order valence-electron chi connectivity index (χ3n) is 0.531. The molecule has 0 bridgehead atoms. The number of hydrogen-bond donors (Lipinski definition) is 0. The Kier molecular flexibility index (Phi) is 12.9. The third-order valence-corrected chi connectivity index (χ3v) is 2.68. The van der Waals surface area contributed by atoms with Gasteiger partial charge >= 0.3 is 36.5 Å².